The van der Waals surface area contributed by atoms with Gasteiger partial charge in [-0.2, -0.15) is 0 Å². The molecule has 0 heterocycles. The lowest BCUT2D eigenvalue weighted by molar-refractivity contribution is -0.718. The fraction of sp³-hybridized carbons (Fsp3) is 0.682. The number of amides is 1. The zero-order valence-corrected chi connectivity index (χ0v) is 15.9. The van der Waals surface area contributed by atoms with Crippen LogP contribution in [-0.4, -0.2) is 18.0 Å². The van der Waals surface area contributed by atoms with E-state index in [1.54, 1.807) is 0 Å². The minimum Gasteiger partial charge on any atom is -0.334 e. The molecule has 2 atom stereocenters. The van der Waals surface area contributed by atoms with E-state index in [1.165, 1.54) is 44.1 Å². The van der Waals surface area contributed by atoms with Crippen LogP contribution in [0.2, 0.25) is 0 Å². The molecule has 3 nitrogen and oxygen atoms in total. The van der Waals surface area contributed by atoms with Crippen molar-refractivity contribution in [2.75, 3.05) is 5.32 Å². The van der Waals surface area contributed by atoms with Crippen molar-refractivity contribution in [3.8, 4) is 0 Å². The average molecular weight is 342 g/mol. The van der Waals surface area contributed by atoms with E-state index in [1.807, 2.05) is 18.2 Å². The van der Waals surface area contributed by atoms with Crippen molar-refractivity contribution in [2.24, 2.45) is 23.2 Å². The maximum absolute atomic E-state index is 12.6. The Morgan fingerprint density at radius 1 is 1.12 bits per heavy atom. The summed E-state index contributed by atoms with van der Waals surface area (Å²) in [5, 5.41) is 5.44. The zero-order valence-electron chi connectivity index (χ0n) is 15.9. The Morgan fingerprint density at radius 2 is 1.72 bits per heavy atom. The first-order chi connectivity index (χ1) is 11.9. The van der Waals surface area contributed by atoms with Gasteiger partial charge in [0.15, 0.2) is 6.04 Å². The van der Waals surface area contributed by atoms with Gasteiger partial charge < -0.3 is 10.6 Å². The van der Waals surface area contributed by atoms with E-state index in [4.69, 9.17) is 0 Å². The van der Waals surface area contributed by atoms with Gasteiger partial charge in [-0.05, 0) is 94.7 Å². The molecule has 3 heteroatoms. The predicted octanol–water partition coefficient (Wildman–Crippen LogP) is 3.49. The van der Waals surface area contributed by atoms with Gasteiger partial charge in [0.25, 0.3) is 5.91 Å². The van der Waals surface area contributed by atoms with Gasteiger partial charge in [0, 0.05) is 11.1 Å². The van der Waals surface area contributed by atoms with Gasteiger partial charge in [-0.25, -0.2) is 0 Å². The largest absolute Gasteiger partial charge is 0.334 e. The highest BCUT2D eigenvalue weighted by Gasteiger charge is 2.54. The fourth-order valence-electron chi connectivity index (χ4n) is 6.44. The van der Waals surface area contributed by atoms with E-state index in [0.29, 0.717) is 11.5 Å². The van der Waals surface area contributed by atoms with Crippen molar-refractivity contribution in [3.05, 3.63) is 29.8 Å². The van der Waals surface area contributed by atoms with Gasteiger partial charge >= 0.3 is 0 Å². The van der Waals surface area contributed by atoms with Gasteiger partial charge in [-0.1, -0.05) is 12.1 Å². The molecule has 4 fully saturated rings. The lowest BCUT2D eigenvalue weighted by Gasteiger charge is -2.58. The van der Waals surface area contributed by atoms with Gasteiger partial charge in [-0.3, -0.25) is 4.79 Å². The molecule has 0 radical (unpaired) electrons. The summed E-state index contributed by atoms with van der Waals surface area (Å²) in [6.45, 7) is 6.49. The molecule has 0 unspecified atom stereocenters. The van der Waals surface area contributed by atoms with Crippen LogP contribution in [0, 0.1) is 30.1 Å². The van der Waals surface area contributed by atoms with Crippen LogP contribution in [0.5, 0.6) is 0 Å². The van der Waals surface area contributed by atoms with E-state index in [0.717, 1.165) is 23.4 Å². The summed E-state index contributed by atoms with van der Waals surface area (Å²) in [7, 11) is 0. The zero-order chi connectivity index (χ0) is 17.6. The summed E-state index contributed by atoms with van der Waals surface area (Å²) >= 11 is 0. The van der Waals surface area contributed by atoms with E-state index < -0.39 is 0 Å². The highest BCUT2D eigenvalue weighted by Crippen LogP contribution is 2.60. The normalized spacial score (nSPS) is 35.4. The molecule has 136 valence electrons. The van der Waals surface area contributed by atoms with Gasteiger partial charge in [0.2, 0.25) is 0 Å². The fourth-order valence-corrected chi connectivity index (χ4v) is 6.44. The molecule has 1 aromatic carbocycles. The highest BCUT2D eigenvalue weighted by molar-refractivity contribution is 5.93. The highest BCUT2D eigenvalue weighted by atomic mass is 16.2. The van der Waals surface area contributed by atoms with Crippen LogP contribution in [0.25, 0.3) is 0 Å². The molecule has 0 aromatic heterocycles. The number of hydrogen-bond donors (Lipinski definition) is 2. The second-order valence-corrected chi connectivity index (χ2v) is 9.41. The third kappa shape index (κ3) is 3.36. The van der Waals surface area contributed by atoms with Crippen LogP contribution in [0.1, 0.15) is 57.9 Å². The van der Waals surface area contributed by atoms with Crippen molar-refractivity contribution >= 4 is 11.6 Å². The molecule has 0 saturated heterocycles. The number of aryl methyl sites for hydroxylation is 1. The second kappa shape index (κ2) is 6.42. The summed E-state index contributed by atoms with van der Waals surface area (Å²) in [6.07, 6.45) is 8.66. The van der Waals surface area contributed by atoms with E-state index in [9.17, 15) is 4.79 Å². The van der Waals surface area contributed by atoms with Crippen LogP contribution >= 0.6 is 0 Å². The van der Waals surface area contributed by atoms with E-state index in [-0.39, 0.29) is 11.9 Å². The van der Waals surface area contributed by atoms with Crippen LogP contribution < -0.4 is 10.6 Å². The third-order valence-electron chi connectivity index (χ3n) is 7.33. The minimum absolute atomic E-state index is 0.0384. The number of rotatable bonds is 5. The molecule has 4 aliphatic carbocycles. The molecular formula is C22H33N2O+. The molecule has 0 aliphatic heterocycles. The lowest BCUT2D eigenvalue weighted by atomic mass is 9.48. The van der Waals surface area contributed by atoms with Crippen LogP contribution in [0.4, 0.5) is 5.69 Å². The molecule has 4 aliphatic rings. The number of quaternary nitrogens is 1. The van der Waals surface area contributed by atoms with E-state index in [2.05, 4.69) is 37.5 Å². The summed E-state index contributed by atoms with van der Waals surface area (Å²) < 4.78 is 0. The van der Waals surface area contributed by atoms with Crippen molar-refractivity contribution in [3.63, 3.8) is 0 Å². The number of benzene rings is 1. The third-order valence-corrected chi connectivity index (χ3v) is 7.33. The molecule has 5 rings (SSSR count). The van der Waals surface area contributed by atoms with Crippen molar-refractivity contribution in [2.45, 2.75) is 71.4 Å². The predicted molar refractivity (Wildman–Crippen MR) is 101 cm³/mol. The topological polar surface area (TPSA) is 45.7 Å². The average Bonchev–Trinajstić information content (AvgIpc) is 2.53. The Hall–Kier alpha value is -1.35. The number of anilines is 1. The number of nitrogens with one attached hydrogen (secondary N) is 1. The summed E-state index contributed by atoms with van der Waals surface area (Å²) in [6, 6.07) is 8.56. The molecule has 4 bridgehead atoms. The van der Waals surface area contributed by atoms with Crippen LogP contribution in [0.15, 0.2) is 24.3 Å². The number of nitrogens with two attached hydrogens (primary N) is 1. The Bertz CT molecular complexity index is 618. The van der Waals surface area contributed by atoms with Crippen LogP contribution in [0.3, 0.4) is 0 Å². The lowest BCUT2D eigenvalue weighted by Crippen LogP contribution is -2.98. The van der Waals surface area contributed by atoms with Crippen molar-refractivity contribution in [1.29, 1.82) is 0 Å². The molecule has 4 saturated carbocycles. The first-order valence-corrected chi connectivity index (χ1v) is 10.2. The quantitative estimate of drug-likeness (QED) is 0.846. The molecule has 1 amide bonds. The standard InChI is InChI=1S/C22H32N2O/c1-14-5-4-6-20(7-14)24-21(25)15(2)23-16(3)22-11-17-8-18(12-22)10-19(9-17)13-22/h4-7,15-19,23H,8-13H2,1-3H3,(H,24,25)/p+1/t15-,16+,17?,18?,19?,22?/m0/s1. The molecule has 25 heavy (non-hydrogen) atoms. The van der Waals surface area contributed by atoms with Crippen molar-refractivity contribution in [1.82, 2.24) is 0 Å². The summed E-state index contributed by atoms with van der Waals surface area (Å²) in [5.74, 6) is 3.04. The van der Waals surface area contributed by atoms with E-state index >= 15 is 0 Å². The second-order valence-electron chi connectivity index (χ2n) is 9.41. The molecule has 1 aromatic rings. The Labute approximate surface area is 152 Å². The molecular weight excluding hydrogens is 308 g/mol. The molecule has 0 spiro atoms. The maximum Gasteiger partial charge on any atom is 0.282 e. The smallest absolute Gasteiger partial charge is 0.282 e. The Morgan fingerprint density at radius 3 is 2.28 bits per heavy atom. The van der Waals surface area contributed by atoms with Crippen LogP contribution in [-0.2, 0) is 4.79 Å². The first kappa shape index (κ1) is 17.1. The number of carbonyl (C=O) groups is 1. The van der Waals surface area contributed by atoms with Gasteiger partial charge in [0.05, 0.1) is 6.04 Å². The number of hydrogen-bond acceptors (Lipinski definition) is 1. The van der Waals surface area contributed by atoms with Gasteiger partial charge in [-0.15, -0.1) is 0 Å². The first-order valence-electron chi connectivity index (χ1n) is 10.2. The monoisotopic (exact) mass is 341 g/mol. The SMILES string of the molecule is Cc1cccc(NC(=O)[C@H](C)[NH2+][C@H](C)C23CC4CC(CC(C4)C2)C3)c1. The van der Waals surface area contributed by atoms with Gasteiger partial charge in [0.1, 0.15) is 0 Å². The minimum atomic E-state index is -0.0384. The van der Waals surface area contributed by atoms with Crippen molar-refractivity contribution < 1.29 is 10.1 Å². The molecule has 3 N–H and O–H groups in total. The summed E-state index contributed by atoms with van der Waals surface area (Å²) in [5.41, 5.74) is 2.58. The Kier molecular flexibility index (Phi) is 4.39. The maximum atomic E-state index is 12.6. The Balaban J connectivity index is 1.38. The number of carbonyl (C=O) groups excluding carboxylic acids is 1. The summed E-state index contributed by atoms with van der Waals surface area (Å²) in [4.78, 5) is 12.6.